The number of nitro benzene ring substituents is 1. The fraction of sp³-hybridized carbons (Fsp3) is 0.0667. The van der Waals surface area contributed by atoms with Gasteiger partial charge in [-0.15, -0.1) is 0 Å². The summed E-state index contributed by atoms with van der Waals surface area (Å²) in [5.41, 5.74) is -0.335. The molecule has 2 amide bonds. The predicted molar refractivity (Wildman–Crippen MR) is 79.8 cm³/mol. The van der Waals surface area contributed by atoms with Gasteiger partial charge in [-0.2, -0.15) is 0 Å². The van der Waals surface area contributed by atoms with E-state index in [1.807, 2.05) is 0 Å². The molecule has 0 spiro atoms. The Morgan fingerprint density at radius 3 is 2.62 bits per heavy atom. The van der Waals surface area contributed by atoms with Crippen LogP contribution in [-0.2, 0) is 4.79 Å². The molecule has 0 radical (unpaired) electrons. The van der Waals surface area contributed by atoms with Gasteiger partial charge < -0.3 is 4.74 Å². The monoisotopic (exact) mass is 327 g/mol. The van der Waals surface area contributed by atoms with E-state index in [0.29, 0.717) is 0 Å². The predicted octanol–water partition coefficient (Wildman–Crippen LogP) is 1.72. The van der Waals surface area contributed by atoms with Gasteiger partial charge in [-0.1, -0.05) is 0 Å². The first-order valence-corrected chi connectivity index (χ1v) is 6.71. The van der Waals surface area contributed by atoms with Crippen molar-refractivity contribution in [2.45, 2.75) is 6.92 Å². The lowest BCUT2D eigenvalue weighted by Crippen LogP contribution is -2.30. The van der Waals surface area contributed by atoms with E-state index in [-0.39, 0.29) is 28.4 Å². The normalized spacial score (nSPS) is 13.0. The molecule has 2 heterocycles. The van der Waals surface area contributed by atoms with E-state index >= 15 is 0 Å². The number of nitro groups is 1. The molecule has 0 bridgehead atoms. The van der Waals surface area contributed by atoms with Crippen LogP contribution in [0.4, 0.5) is 11.4 Å². The van der Waals surface area contributed by atoms with Crippen molar-refractivity contribution in [1.29, 1.82) is 0 Å². The van der Waals surface area contributed by atoms with Crippen LogP contribution in [0.3, 0.4) is 0 Å². The highest BCUT2D eigenvalue weighted by Crippen LogP contribution is 2.36. The lowest BCUT2D eigenvalue weighted by molar-refractivity contribution is -0.384. The summed E-state index contributed by atoms with van der Waals surface area (Å²) in [5.74, 6) is -2.35. The van der Waals surface area contributed by atoms with E-state index in [2.05, 4.69) is 4.98 Å². The molecule has 24 heavy (non-hydrogen) atoms. The number of ether oxygens (including phenoxy) is 1. The number of benzene rings is 1. The number of esters is 1. The maximum absolute atomic E-state index is 12.5. The molecule has 0 N–H and O–H groups in total. The number of carbonyl (C=O) groups excluding carboxylic acids is 3. The Labute approximate surface area is 134 Å². The maximum Gasteiger partial charge on any atom is 0.308 e. The Morgan fingerprint density at radius 2 is 2.00 bits per heavy atom. The topological polar surface area (TPSA) is 120 Å². The van der Waals surface area contributed by atoms with E-state index in [1.165, 1.54) is 24.4 Å². The first-order chi connectivity index (χ1) is 11.4. The first kappa shape index (κ1) is 15.3. The van der Waals surface area contributed by atoms with Gasteiger partial charge in [0.25, 0.3) is 17.5 Å². The maximum atomic E-state index is 12.5. The molecule has 1 aromatic heterocycles. The Bertz CT molecular complexity index is 873. The van der Waals surface area contributed by atoms with Crippen LogP contribution in [0.2, 0.25) is 0 Å². The Balaban J connectivity index is 2.13. The lowest BCUT2D eigenvalue weighted by Gasteiger charge is -2.16. The summed E-state index contributed by atoms with van der Waals surface area (Å²) in [7, 11) is 0. The van der Waals surface area contributed by atoms with Crippen molar-refractivity contribution in [2.24, 2.45) is 0 Å². The van der Waals surface area contributed by atoms with Crippen LogP contribution in [0, 0.1) is 10.1 Å². The van der Waals surface area contributed by atoms with Crippen molar-refractivity contribution in [3.63, 3.8) is 0 Å². The molecule has 0 aliphatic carbocycles. The smallest absolute Gasteiger partial charge is 0.308 e. The zero-order chi connectivity index (χ0) is 17.4. The van der Waals surface area contributed by atoms with Crippen LogP contribution in [0.5, 0.6) is 5.75 Å². The highest BCUT2D eigenvalue weighted by Gasteiger charge is 2.39. The van der Waals surface area contributed by atoms with Gasteiger partial charge in [0, 0.05) is 19.2 Å². The first-order valence-electron chi connectivity index (χ1n) is 6.71. The second-order valence-corrected chi connectivity index (χ2v) is 4.85. The fourth-order valence-electron chi connectivity index (χ4n) is 2.32. The molecule has 9 heteroatoms. The minimum absolute atomic E-state index is 0.0328. The number of rotatable bonds is 3. The summed E-state index contributed by atoms with van der Waals surface area (Å²) in [6.07, 6.45) is 1.37. The van der Waals surface area contributed by atoms with Gasteiger partial charge in [0.05, 0.1) is 22.2 Å². The number of fused-ring (bicyclic) bond motifs is 1. The number of pyridine rings is 1. The zero-order valence-corrected chi connectivity index (χ0v) is 12.3. The third kappa shape index (κ3) is 2.37. The molecule has 0 atom stereocenters. The molecular weight excluding hydrogens is 318 g/mol. The molecule has 1 aliphatic rings. The molecule has 0 unspecified atom stereocenters. The van der Waals surface area contributed by atoms with Crippen molar-refractivity contribution in [2.75, 3.05) is 4.90 Å². The highest BCUT2D eigenvalue weighted by atomic mass is 16.6. The molecule has 0 saturated carbocycles. The van der Waals surface area contributed by atoms with Crippen LogP contribution in [0.1, 0.15) is 27.8 Å². The minimum atomic E-state index is -0.744. The summed E-state index contributed by atoms with van der Waals surface area (Å²) in [5, 5.41) is 10.9. The van der Waals surface area contributed by atoms with E-state index in [9.17, 15) is 24.5 Å². The van der Waals surface area contributed by atoms with Gasteiger partial charge in [-0.05, 0) is 18.2 Å². The van der Waals surface area contributed by atoms with E-state index in [4.69, 9.17) is 4.74 Å². The average molecular weight is 327 g/mol. The van der Waals surface area contributed by atoms with Crippen LogP contribution in [0.25, 0.3) is 0 Å². The van der Waals surface area contributed by atoms with Crippen LogP contribution >= 0.6 is 0 Å². The number of imide groups is 1. The van der Waals surface area contributed by atoms with Gasteiger partial charge in [0.1, 0.15) is 5.69 Å². The molecule has 3 rings (SSSR count). The summed E-state index contributed by atoms with van der Waals surface area (Å²) in [6.45, 7) is 1.10. The van der Waals surface area contributed by atoms with Crippen molar-refractivity contribution >= 4 is 29.2 Å². The zero-order valence-electron chi connectivity index (χ0n) is 12.3. The average Bonchev–Trinajstić information content (AvgIpc) is 2.79. The van der Waals surface area contributed by atoms with Gasteiger partial charge >= 0.3 is 5.97 Å². The van der Waals surface area contributed by atoms with Gasteiger partial charge in [-0.25, -0.2) is 4.90 Å². The number of non-ortho nitro benzene ring substituents is 1. The molecule has 1 aromatic carbocycles. The third-order valence-electron chi connectivity index (χ3n) is 3.30. The van der Waals surface area contributed by atoms with Crippen LogP contribution in [-0.4, -0.2) is 27.7 Å². The Morgan fingerprint density at radius 1 is 1.25 bits per heavy atom. The third-order valence-corrected chi connectivity index (χ3v) is 3.30. The Hall–Kier alpha value is -3.62. The van der Waals surface area contributed by atoms with Crippen molar-refractivity contribution < 1.29 is 24.0 Å². The molecule has 0 saturated heterocycles. The number of aromatic nitrogens is 1. The summed E-state index contributed by atoms with van der Waals surface area (Å²) < 4.78 is 4.93. The van der Waals surface area contributed by atoms with Gasteiger partial charge in [-0.3, -0.25) is 29.5 Å². The summed E-state index contributed by atoms with van der Waals surface area (Å²) in [4.78, 5) is 51.0. The minimum Gasteiger partial charge on any atom is -0.424 e. The molecule has 0 fully saturated rings. The molecule has 2 aromatic rings. The molecular formula is C15H9N3O6. The number of amides is 2. The standard InChI is InChI=1S/C15H9N3O6/c1-8(19)24-12-7-9(18(22)23)4-5-11(12)17-14(20)10-3-2-6-16-13(10)15(17)21/h2-7H,1H3. The lowest BCUT2D eigenvalue weighted by atomic mass is 10.2. The van der Waals surface area contributed by atoms with E-state index < -0.39 is 22.7 Å². The van der Waals surface area contributed by atoms with Crippen LogP contribution < -0.4 is 9.64 Å². The number of carbonyl (C=O) groups is 3. The van der Waals surface area contributed by atoms with E-state index in [0.717, 1.165) is 24.0 Å². The molecule has 120 valence electrons. The second kappa shape index (κ2) is 5.54. The number of anilines is 1. The summed E-state index contributed by atoms with van der Waals surface area (Å²) >= 11 is 0. The van der Waals surface area contributed by atoms with Crippen LogP contribution in [0.15, 0.2) is 36.5 Å². The Kier molecular flexibility index (Phi) is 3.53. The molecule has 9 nitrogen and oxygen atoms in total. The summed E-state index contributed by atoms with van der Waals surface area (Å²) in [6, 6.07) is 6.22. The van der Waals surface area contributed by atoms with Gasteiger partial charge in [0.15, 0.2) is 5.75 Å². The second-order valence-electron chi connectivity index (χ2n) is 4.85. The molecule has 1 aliphatic heterocycles. The number of nitrogens with zero attached hydrogens (tertiary/aromatic N) is 3. The largest absolute Gasteiger partial charge is 0.424 e. The number of hydrogen-bond donors (Lipinski definition) is 0. The fourth-order valence-corrected chi connectivity index (χ4v) is 2.32. The number of hydrogen-bond acceptors (Lipinski definition) is 7. The van der Waals surface area contributed by atoms with E-state index in [1.54, 1.807) is 0 Å². The van der Waals surface area contributed by atoms with Crippen molar-refractivity contribution in [1.82, 2.24) is 4.98 Å². The SMILES string of the molecule is CC(=O)Oc1cc([N+](=O)[O-])ccc1N1C(=O)c2cccnc2C1=O. The quantitative estimate of drug-likeness (QED) is 0.277. The highest BCUT2D eigenvalue weighted by molar-refractivity contribution is 6.34. The van der Waals surface area contributed by atoms with Gasteiger partial charge in [0.2, 0.25) is 0 Å². The van der Waals surface area contributed by atoms with Crippen molar-refractivity contribution in [3.05, 3.63) is 57.9 Å². The van der Waals surface area contributed by atoms with Crippen molar-refractivity contribution in [3.8, 4) is 5.75 Å².